The molecule has 0 fully saturated rings. The summed E-state index contributed by atoms with van der Waals surface area (Å²) in [6.45, 7) is 0. The van der Waals surface area contributed by atoms with E-state index in [0.29, 0.717) is 22.1 Å². The van der Waals surface area contributed by atoms with Gasteiger partial charge in [-0.25, -0.2) is 8.42 Å². The Hall–Kier alpha value is -1.48. The van der Waals surface area contributed by atoms with Crippen LogP contribution < -0.4 is 10.9 Å². The summed E-state index contributed by atoms with van der Waals surface area (Å²) in [5.74, 6) is 0. The molecule has 2 aromatic carbocycles. The molecule has 17 heavy (non-hydrogen) atoms. The molecule has 3 rings (SSSR count). The second-order valence-electron chi connectivity index (χ2n) is 4.01. The van der Waals surface area contributed by atoms with Crippen molar-refractivity contribution in [2.45, 2.75) is 9.79 Å². The van der Waals surface area contributed by atoms with Gasteiger partial charge in [-0.05, 0) is 12.1 Å². The van der Waals surface area contributed by atoms with Crippen molar-refractivity contribution in [3.8, 4) is 11.1 Å². The third kappa shape index (κ3) is 1.39. The molecule has 0 saturated heterocycles. The first-order valence-corrected chi connectivity index (χ1v) is 6.53. The average molecular weight is 236 g/mol. The molecule has 0 unspecified atom stereocenters. The molecular formula is C12H6B2O2S. The molecule has 0 aliphatic carbocycles. The summed E-state index contributed by atoms with van der Waals surface area (Å²) in [5.41, 5.74) is 2.25. The van der Waals surface area contributed by atoms with Gasteiger partial charge in [0, 0.05) is 11.1 Å². The lowest BCUT2D eigenvalue weighted by atomic mass is 9.91. The number of hydrogen-bond donors (Lipinski definition) is 0. The van der Waals surface area contributed by atoms with Crippen LogP contribution in [0.25, 0.3) is 11.1 Å². The van der Waals surface area contributed by atoms with E-state index in [4.69, 9.17) is 15.7 Å². The van der Waals surface area contributed by atoms with Gasteiger partial charge >= 0.3 is 0 Å². The fourth-order valence-electron chi connectivity index (χ4n) is 2.09. The van der Waals surface area contributed by atoms with Crippen molar-refractivity contribution in [2.75, 3.05) is 0 Å². The normalized spacial score (nSPS) is 15.3. The van der Waals surface area contributed by atoms with E-state index in [1.165, 1.54) is 12.1 Å². The summed E-state index contributed by atoms with van der Waals surface area (Å²) < 4.78 is 24.5. The molecule has 0 saturated carbocycles. The Morgan fingerprint density at radius 3 is 1.59 bits per heavy atom. The standard InChI is InChI=1S/C12H6B2O2S/c13-7-1-3-9-10-4-2-8(14)6-12(10)17(15,16)11(9)5-7/h1-6H. The summed E-state index contributed by atoms with van der Waals surface area (Å²) in [4.78, 5) is 0.524. The number of benzene rings is 2. The van der Waals surface area contributed by atoms with Crippen LogP contribution in [-0.4, -0.2) is 24.1 Å². The minimum atomic E-state index is -3.47. The second kappa shape index (κ2) is 3.26. The smallest absolute Gasteiger partial charge is 0.207 e. The van der Waals surface area contributed by atoms with Gasteiger partial charge in [0.05, 0.1) is 9.79 Å². The van der Waals surface area contributed by atoms with Crippen molar-refractivity contribution < 1.29 is 8.42 Å². The van der Waals surface area contributed by atoms with E-state index in [1.54, 1.807) is 24.3 Å². The fraction of sp³-hybridized carbons (Fsp3) is 0. The van der Waals surface area contributed by atoms with E-state index in [9.17, 15) is 8.42 Å². The largest absolute Gasteiger partial charge is 0.218 e. The minimum Gasteiger partial charge on any atom is -0.218 e. The van der Waals surface area contributed by atoms with Gasteiger partial charge in [-0.1, -0.05) is 35.2 Å². The molecule has 4 radical (unpaired) electrons. The van der Waals surface area contributed by atoms with Crippen molar-refractivity contribution in [1.82, 2.24) is 0 Å². The van der Waals surface area contributed by atoms with Gasteiger partial charge in [-0.15, -0.1) is 0 Å². The van der Waals surface area contributed by atoms with Crippen LogP contribution in [0.3, 0.4) is 0 Å². The monoisotopic (exact) mass is 236 g/mol. The zero-order valence-corrected chi connectivity index (χ0v) is 9.66. The molecule has 0 atom stereocenters. The first-order chi connectivity index (χ1) is 8.00. The third-order valence-corrected chi connectivity index (χ3v) is 4.71. The van der Waals surface area contributed by atoms with Crippen LogP contribution in [0.4, 0.5) is 0 Å². The number of hydrogen-bond acceptors (Lipinski definition) is 2. The van der Waals surface area contributed by atoms with Crippen LogP contribution in [-0.2, 0) is 9.84 Å². The molecule has 2 aromatic rings. The number of sulfone groups is 1. The Morgan fingerprint density at radius 2 is 1.18 bits per heavy atom. The topological polar surface area (TPSA) is 34.1 Å². The van der Waals surface area contributed by atoms with Crippen molar-refractivity contribution in [3.05, 3.63) is 36.4 Å². The zero-order chi connectivity index (χ0) is 12.2. The molecule has 0 spiro atoms. The summed E-state index contributed by atoms with van der Waals surface area (Å²) in [7, 11) is 7.79. The predicted molar refractivity (Wildman–Crippen MR) is 68.1 cm³/mol. The first-order valence-electron chi connectivity index (χ1n) is 5.04. The van der Waals surface area contributed by atoms with Crippen LogP contribution >= 0.6 is 0 Å². The molecule has 0 amide bonds. The van der Waals surface area contributed by atoms with Crippen LogP contribution in [0.15, 0.2) is 46.2 Å². The van der Waals surface area contributed by atoms with E-state index >= 15 is 0 Å². The van der Waals surface area contributed by atoms with E-state index in [1.807, 2.05) is 0 Å². The second-order valence-corrected chi connectivity index (χ2v) is 5.90. The van der Waals surface area contributed by atoms with E-state index in [0.717, 1.165) is 0 Å². The molecule has 78 valence electrons. The molecule has 0 aromatic heterocycles. The first kappa shape index (κ1) is 10.7. The van der Waals surface area contributed by atoms with Crippen LogP contribution in [0.1, 0.15) is 0 Å². The summed E-state index contributed by atoms with van der Waals surface area (Å²) in [6.07, 6.45) is 0. The van der Waals surface area contributed by atoms with Gasteiger partial charge in [0.25, 0.3) is 0 Å². The lowest BCUT2D eigenvalue weighted by molar-refractivity contribution is 0.599. The van der Waals surface area contributed by atoms with Gasteiger partial charge in [0.2, 0.25) is 9.84 Å². The molecular weight excluding hydrogens is 230 g/mol. The molecule has 5 heteroatoms. The number of fused-ring (bicyclic) bond motifs is 3. The van der Waals surface area contributed by atoms with Crippen molar-refractivity contribution >= 4 is 36.5 Å². The van der Waals surface area contributed by atoms with E-state index < -0.39 is 9.84 Å². The van der Waals surface area contributed by atoms with E-state index in [-0.39, 0.29) is 9.79 Å². The predicted octanol–water partition coefficient (Wildman–Crippen LogP) is 0.0874. The summed E-state index contributed by atoms with van der Waals surface area (Å²) in [6, 6.07) is 9.82. The fourth-order valence-corrected chi connectivity index (χ4v) is 3.84. The maximum atomic E-state index is 12.3. The van der Waals surface area contributed by atoms with Crippen LogP contribution in [0, 0.1) is 0 Å². The summed E-state index contributed by atoms with van der Waals surface area (Å²) in [5, 5.41) is 0. The highest BCUT2D eigenvalue weighted by Gasteiger charge is 2.32. The Balaban J connectivity index is 2.46. The third-order valence-electron chi connectivity index (χ3n) is 2.88. The number of rotatable bonds is 0. The zero-order valence-electron chi connectivity index (χ0n) is 8.84. The highest BCUT2D eigenvalue weighted by atomic mass is 32.2. The Morgan fingerprint density at radius 1 is 0.765 bits per heavy atom. The lowest BCUT2D eigenvalue weighted by Crippen LogP contribution is -2.07. The van der Waals surface area contributed by atoms with Gasteiger partial charge in [-0.3, -0.25) is 0 Å². The van der Waals surface area contributed by atoms with Crippen molar-refractivity contribution in [1.29, 1.82) is 0 Å². The molecule has 1 heterocycles. The highest BCUT2D eigenvalue weighted by molar-refractivity contribution is 7.92. The van der Waals surface area contributed by atoms with Crippen molar-refractivity contribution in [3.63, 3.8) is 0 Å². The molecule has 1 aliphatic rings. The SMILES string of the molecule is [B]c1ccc2c(c1)S(=O)(=O)c1cc([B])ccc1-2. The van der Waals surface area contributed by atoms with Crippen LogP contribution in [0.2, 0.25) is 0 Å². The molecule has 0 bridgehead atoms. The van der Waals surface area contributed by atoms with Crippen molar-refractivity contribution in [2.24, 2.45) is 0 Å². The molecule has 2 nitrogen and oxygen atoms in total. The average Bonchev–Trinajstić information content (AvgIpc) is 2.49. The Bertz CT molecular complexity index is 679. The highest BCUT2D eigenvalue weighted by Crippen LogP contribution is 2.41. The summed E-state index contributed by atoms with van der Waals surface area (Å²) >= 11 is 0. The van der Waals surface area contributed by atoms with E-state index in [2.05, 4.69) is 0 Å². The molecule has 0 N–H and O–H groups in total. The Kier molecular flexibility index (Phi) is 2.05. The Labute approximate surface area is 102 Å². The van der Waals surface area contributed by atoms with Crippen LogP contribution in [0.5, 0.6) is 0 Å². The maximum absolute atomic E-state index is 12.3. The van der Waals surface area contributed by atoms with Gasteiger partial charge in [0.1, 0.15) is 15.7 Å². The maximum Gasteiger partial charge on any atom is 0.207 e. The minimum absolute atomic E-state index is 0.262. The van der Waals surface area contributed by atoms with Gasteiger partial charge in [-0.2, -0.15) is 0 Å². The quantitative estimate of drug-likeness (QED) is 0.518. The molecule has 1 aliphatic heterocycles. The van der Waals surface area contributed by atoms with Gasteiger partial charge < -0.3 is 0 Å². The lowest BCUT2D eigenvalue weighted by Gasteiger charge is -1.99. The van der Waals surface area contributed by atoms with Gasteiger partial charge in [0.15, 0.2) is 0 Å².